The topological polar surface area (TPSA) is 138 Å². The number of ether oxygens (including phenoxy) is 2. The molecule has 0 bridgehead atoms. The summed E-state index contributed by atoms with van der Waals surface area (Å²) >= 11 is 2.05. The number of hydrogen-bond acceptors (Lipinski definition) is 9. The summed E-state index contributed by atoms with van der Waals surface area (Å²) in [5, 5.41) is 11.6. The second-order valence-corrected chi connectivity index (χ2v) is 9.99. The Kier molecular flexibility index (Phi) is 8.69. The Hall–Kier alpha value is -3.45. The molecule has 36 heavy (non-hydrogen) atoms. The quantitative estimate of drug-likeness (QED) is 0.295. The van der Waals surface area contributed by atoms with Crippen LogP contribution in [0.4, 0.5) is 9.39 Å². The maximum absolute atomic E-state index is 13.1. The number of primary amides is 1. The first-order valence-corrected chi connectivity index (χ1v) is 12.7. The van der Waals surface area contributed by atoms with Crippen LogP contribution in [0.15, 0.2) is 29.4 Å². The van der Waals surface area contributed by atoms with Crippen LogP contribution in [-0.2, 0) is 16.6 Å². The highest BCUT2D eigenvalue weighted by molar-refractivity contribution is 7.99. The SMILES string of the molecule is Cc1c(C(N)=O)sc(NC(=O)CSc2nnc(C(C)Oc3ccc(F)cc3)n2C)c1C(=O)OC(C)C. The van der Waals surface area contributed by atoms with Crippen molar-refractivity contribution >= 4 is 45.9 Å². The summed E-state index contributed by atoms with van der Waals surface area (Å²) in [5.74, 6) is -1.18. The average Bonchev–Trinajstić information content (AvgIpc) is 3.32. The summed E-state index contributed by atoms with van der Waals surface area (Å²) in [6.07, 6.45) is -0.862. The van der Waals surface area contributed by atoms with Crippen LogP contribution in [0.5, 0.6) is 5.75 Å². The Bertz CT molecular complexity index is 1270. The Labute approximate surface area is 215 Å². The van der Waals surface area contributed by atoms with Gasteiger partial charge in [-0.3, -0.25) is 9.59 Å². The van der Waals surface area contributed by atoms with E-state index in [2.05, 4.69) is 15.5 Å². The van der Waals surface area contributed by atoms with Crippen LogP contribution in [0.1, 0.15) is 58.3 Å². The van der Waals surface area contributed by atoms with Gasteiger partial charge in [-0.25, -0.2) is 9.18 Å². The number of nitrogens with zero attached hydrogens (tertiary/aromatic N) is 3. The van der Waals surface area contributed by atoms with Crippen LogP contribution in [0.2, 0.25) is 0 Å². The molecule has 3 rings (SSSR count). The lowest BCUT2D eigenvalue weighted by molar-refractivity contribution is -0.113. The van der Waals surface area contributed by atoms with Crippen molar-refractivity contribution in [3.8, 4) is 5.75 Å². The monoisotopic (exact) mass is 535 g/mol. The molecule has 2 amide bonds. The molecule has 0 fully saturated rings. The molecule has 0 aliphatic rings. The zero-order chi connectivity index (χ0) is 26.6. The van der Waals surface area contributed by atoms with Gasteiger partial charge in [-0.1, -0.05) is 11.8 Å². The molecule has 1 atom stereocenters. The van der Waals surface area contributed by atoms with Gasteiger partial charge in [-0.2, -0.15) is 0 Å². The molecule has 2 aromatic heterocycles. The van der Waals surface area contributed by atoms with Crippen LogP contribution < -0.4 is 15.8 Å². The molecular weight excluding hydrogens is 509 g/mol. The van der Waals surface area contributed by atoms with E-state index in [4.69, 9.17) is 15.2 Å². The van der Waals surface area contributed by atoms with Crippen molar-refractivity contribution in [2.75, 3.05) is 11.1 Å². The van der Waals surface area contributed by atoms with Gasteiger partial charge in [0.25, 0.3) is 5.91 Å². The maximum Gasteiger partial charge on any atom is 0.341 e. The first kappa shape index (κ1) is 27.1. The smallest absolute Gasteiger partial charge is 0.341 e. The minimum Gasteiger partial charge on any atom is -0.483 e. The molecule has 192 valence electrons. The third-order valence-electron chi connectivity index (χ3n) is 4.86. The van der Waals surface area contributed by atoms with Crippen molar-refractivity contribution in [1.29, 1.82) is 0 Å². The van der Waals surface area contributed by atoms with Gasteiger partial charge >= 0.3 is 5.97 Å². The third-order valence-corrected chi connectivity index (χ3v) is 7.10. The number of halogens is 1. The van der Waals surface area contributed by atoms with E-state index < -0.39 is 23.9 Å². The lowest BCUT2D eigenvalue weighted by atomic mass is 10.1. The van der Waals surface area contributed by atoms with Crippen molar-refractivity contribution in [2.24, 2.45) is 12.8 Å². The molecule has 0 spiro atoms. The first-order valence-electron chi connectivity index (χ1n) is 10.9. The molecule has 1 unspecified atom stereocenters. The van der Waals surface area contributed by atoms with E-state index in [9.17, 15) is 18.8 Å². The lowest BCUT2D eigenvalue weighted by Gasteiger charge is -2.14. The molecule has 1 aromatic carbocycles. The standard InChI is InChI=1S/C23H26FN5O5S2/c1-11(2)33-22(32)17-12(3)18(19(25)31)36-21(17)26-16(30)10-35-23-28-27-20(29(23)5)13(4)34-15-8-6-14(24)7-9-15/h6-9,11,13H,10H2,1-5H3,(H2,25,31)(H,26,30). The van der Waals surface area contributed by atoms with Crippen molar-refractivity contribution < 1.29 is 28.2 Å². The van der Waals surface area contributed by atoms with Gasteiger partial charge in [-0.15, -0.1) is 21.5 Å². The van der Waals surface area contributed by atoms with E-state index in [1.54, 1.807) is 39.3 Å². The first-order chi connectivity index (χ1) is 17.0. The Balaban J connectivity index is 1.68. The lowest BCUT2D eigenvalue weighted by Crippen LogP contribution is -2.18. The van der Waals surface area contributed by atoms with Gasteiger partial charge in [0.1, 0.15) is 16.6 Å². The average molecular weight is 536 g/mol. The van der Waals surface area contributed by atoms with Crippen LogP contribution in [0, 0.1) is 12.7 Å². The third kappa shape index (κ3) is 6.40. The highest BCUT2D eigenvalue weighted by Crippen LogP contribution is 2.34. The van der Waals surface area contributed by atoms with Gasteiger partial charge in [0.05, 0.1) is 22.3 Å². The molecule has 0 aliphatic heterocycles. The number of anilines is 1. The molecule has 0 saturated carbocycles. The van der Waals surface area contributed by atoms with Crippen molar-refractivity contribution in [1.82, 2.24) is 14.8 Å². The van der Waals surface area contributed by atoms with E-state index in [0.29, 0.717) is 22.3 Å². The summed E-state index contributed by atoms with van der Waals surface area (Å²) in [5.41, 5.74) is 5.88. The molecule has 0 radical (unpaired) electrons. The number of nitrogens with one attached hydrogen (secondary N) is 1. The number of carbonyl (C=O) groups is 3. The highest BCUT2D eigenvalue weighted by atomic mass is 32.2. The second kappa shape index (κ2) is 11.5. The van der Waals surface area contributed by atoms with Gasteiger partial charge in [-0.05, 0) is 57.5 Å². The molecule has 13 heteroatoms. The van der Waals surface area contributed by atoms with Crippen LogP contribution in [0.3, 0.4) is 0 Å². The number of thiophene rings is 1. The van der Waals surface area contributed by atoms with E-state index in [1.807, 2.05) is 0 Å². The number of amides is 2. The van der Waals surface area contributed by atoms with Gasteiger partial charge < -0.3 is 25.1 Å². The highest BCUT2D eigenvalue weighted by Gasteiger charge is 2.26. The largest absolute Gasteiger partial charge is 0.483 e. The number of benzene rings is 1. The molecule has 3 aromatic rings. The number of esters is 1. The molecule has 2 heterocycles. The number of hydrogen-bond donors (Lipinski definition) is 2. The fraction of sp³-hybridized carbons (Fsp3) is 0.348. The summed E-state index contributed by atoms with van der Waals surface area (Å²) in [4.78, 5) is 37.2. The van der Waals surface area contributed by atoms with Crippen molar-refractivity contribution in [3.63, 3.8) is 0 Å². The molecule has 0 aliphatic carbocycles. The van der Waals surface area contributed by atoms with Crippen LogP contribution in [-0.4, -0.2) is 44.4 Å². The summed E-state index contributed by atoms with van der Waals surface area (Å²) in [7, 11) is 1.74. The Morgan fingerprint density at radius 1 is 1.19 bits per heavy atom. The van der Waals surface area contributed by atoms with Crippen molar-refractivity contribution in [2.45, 2.75) is 45.1 Å². The number of rotatable bonds is 10. The summed E-state index contributed by atoms with van der Waals surface area (Å²) in [6.45, 7) is 6.75. The summed E-state index contributed by atoms with van der Waals surface area (Å²) < 4.78 is 25.9. The minimum absolute atomic E-state index is 0.0410. The molecule has 0 saturated heterocycles. The minimum atomic E-state index is -0.699. The summed E-state index contributed by atoms with van der Waals surface area (Å²) in [6, 6.07) is 5.63. The van der Waals surface area contributed by atoms with Crippen molar-refractivity contribution in [3.05, 3.63) is 51.9 Å². The van der Waals surface area contributed by atoms with E-state index in [-0.39, 0.29) is 33.1 Å². The fourth-order valence-corrected chi connectivity index (χ4v) is 5.01. The van der Waals surface area contributed by atoms with E-state index in [1.165, 1.54) is 24.3 Å². The molecule has 10 nitrogen and oxygen atoms in total. The van der Waals surface area contributed by atoms with Gasteiger partial charge in [0.15, 0.2) is 17.1 Å². The molecule has 3 N–H and O–H groups in total. The van der Waals surface area contributed by atoms with E-state index >= 15 is 0 Å². The predicted octanol–water partition coefficient (Wildman–Crippen LogP) is 3.86. The fourth-order valence-electron chi connectivity index (χ4n) is 3.22. The maximum atomic E-state index is 13.1. The normalized spacial score (nSPS) is 11.9. The van der Waals surface area contributed by atoms with Crippen LogP contribution in [0.25, 0.3) is 0 Å². The Morgan fingerprint density at radius 3 is 2.47 bits per heavy atom. The predicted molar refractivity (Wildman–Crippen MR) is 134 cm³/mol. The molecular formula is C23H26FN5O5S2. The Morgan fingerprint density at radius 2 is 1.86 bits per heavy atom. The van der Waals surface area contributed by atoms with Gasteiger partial charge in [0, 0.05) is 7.05 Å². The zero-order valence-corrected chi connectivity index (χ0v) is 22.0. The van der Waals surface area contributed by atoms with Gasteiger partial charge in [0.2, 0.25) is 5.91 Å². The van der Waals surface area contributed by atoms with E-state index in [0.717, 1.165) is 23.1 Å². The van der Waals surface area contributed by atoms with Crippen LogP contribution >= 0.6 is 23.1 Å². The number of aromatic nitrogens is 3. The number of carbonyl (C=O) groups excluding carboxylic acids is 3. The number of nitrogens with two attached hydrogens (primary N) is 1. The number of thioether (sulfide) groups is 1. The second-order valence-electron chi connectivity index (χ2n) is 8.03. The zero-order valence-electron chi connectivity index (χ0n) is 20.3.